The van der Waals surface area contributed by atoms with Crippen LogP contribution in [0.25, 0.3) is 16.1 Å². The van der Waals surface area contributed by atoms with E-state index in [2.05, 4.69) is 36.8 Å². The van der Waals surface area contributed by atoms with E-state index in [0.29, 0.717) is 26.9 Å². The molecule has 2 aromatic rings. The van der Waals surface area contributed by atoms with Crippen LogP contribution in [0.15, 0.2) is 39.3 Å². The fourth-order valence-electron chi connectivity index (χ4n) is 2.20. The van der Waals surface area contributed by atoms with Gasteiger partial charge in [-0.15, -0.1) is 0 Å². The van der Waals surface area contributed by atoms with Gasteiger partial charge in [0, 0.05) is 31.7 Å². The molecule has 0 unspecified atom stereocenters. The Morgan fingerprint density at radius 3 is 2.39 bits per heavy atom. The van der Waals surface area contributed by atoms with Crippen LogP contribution in [-0.4, -0.2) is 5.78 Å². The lowest BCUT2D eigenvalue weighted by atomic mass is 10.0. The first-order valence-corrected chi connectivity index (χ1v) is 6.73. The van der Waals surface area contributed by atoms with Crippen LogP contribution < -0.4 is 0 Å². The highest BCUT2D eigenvalue weighted by molar-refractivity contribution is 9.10. The van der Waals surface area contributed by atoms with Gasteiger partial charge >= 0.3 is 5.69 Å². The van der Waals surface area contributed by atoms with E-state index in [4.69, 9.17) is 5.39 Å². The first-order chi connectivity index (χ1) is 8.61. The molecule has 0 heterocycles. The van der Waals surface area contributed by atoms with Gasteiger partial charge in [-0.3, -0.25) is 4.79 Å². The monoisotopic (exact) mass is 363 g/mol. The number of diazo groups is 1. The maximum atomic E-state index is 12.3. The van der Waals surface area contributed by atoms with Crippen molar-refractivity contribution in [3.8, 4) is 11.1 Å². The molecule has 0 radical (unpaired) electrons. The number of benzene rings is 2. The van der Waals surface area contributed by atoms with Crippen molar-refractivity contribution in [2.45, 2.75) is 0 Å². The highest BCUT2D eigenvalue weighted by Crippen LogP contribution is 2.44. The lowest BCUT2D eigenvalue weighted by molar-refractivity contribution is 0.104. The van der Waals surface area contributed by atoms with Crippen molar-refractivity contribution >= 4 is 43.3 Å². The zero-order valence-corrected chi connectivity index (χ0v) is 12.1. The van der Waals surface area contributed by atoms with Gasteiger partial charge in [-0.2, -0.15) is 0 Å². The highest BCUT2D eigenvalue weighted by atomic mass is 79.9. The molecule has 86 valence electrons. The predicted molar refractivity (Wildman–Crippen MR) is 75.5 cm³/mol. The average Bonchev–Trinajstić information content (AvgIpc) is 2.62. The molecule has 2 aromatic carbocycles. The van der Waals surface area contributed by atoms with E-state index in [9.17, 15) is 4.79 Å². The van der Waals surface area contributed by atoms with Crippen LogP contribution in [0.2, 0.25) is 0 Å². The number of rotatable bonds is 0. The van der Waals surface area contributed by atoms with E-state index in [1.54, 1.807) is 18.2 Å². The Kier molecular flexibility index (Phi) is 2.58. The van der Waals surface area contributed by atoms with Gasteiger partial charge in [-0.25, -0.2) is 0 Å². The maximum Gasteiger partial charge on any atom is 0.394 e. The molecule has 3 rings (SSSR count). The SMILES string of the molecule is N#[N+]c1cc(Br)cc2c1-c1ccc(Br)cc1C2=O. The smallest absolute Gasteiger partial charge is 0.289 e. The second-order valence-electron chi connectivity index (χ2n) is 3.97. The molecular formula is C13H5Br2N2O+. The Bertz CT molecular complexity index is 747. The minimum Gasteiger partial charge on any atom is -0.289 e. The Morgan fingerprint density at radius 2 is 1.67 bits per heavy atom. The summed E-state index contributed by atoms with van der Waals surface area (Å²) in [5.41, 5.74) is 3.08. The van der Waals surface area contributed by atoms with Gasteiger partial charge in [0.1, 0.15) is 0 Å². The van der Waals surface area contributed by atoms with E-state index in [-0.39, 0.29) is 5.78 Å². The number of halogens is 2. The van der Waals surface area contributed by atoms with Crippen molar-refractivity contribution in [1.29, 1.82) is 5.39 Å². The minimum atomic E-state index is -0.0486. The molecule has 18 heavy (non-hydrogen) atoms. The lowest BCUT2D eigenvalue weighted by Crippen LogP contribution is -1.94. The van der Waals surface area contributed by atoms with Crippen molar-refractivity contribution in [3.63, 3.8) is 0 Å². The second kappa shape index (κ2) is 4.01. The van der Waals surface area contributed by atoms with E-state index in [1.165, 1.54) is 0 Å². The Morgan fingerprint density at radius 1 is 0.944 bits per heavy atom. The third kappa shape index (κ3) is 1.53. The van der Waals surface area contributed by atoms with Gasteiger partial charge in [0.15, 0.2) is 10.8 Å². The lowest BCUT2D eigenvalue weighted by Gasteiger charge is -1.97. The van der Waals surface area contributed by atoms with Gasteiger partial charge in [0.25, 0.3) is 0 Å². The van der Waals surface area contributed by atoms with E-state index in [1.807, 2.05) is 12.1 Å². The van der Waals surface area contributed by atoms with Crippen LogP contribution in [0.1, 0.15) is 15.9 Å². The summed E-state index contributed by atoms with van der Waals surface area (Å²) < 4.78 is 1.57. The molecule has 0 spiro atoms. The Hall–Kier alpha value is -1.51. The summed E-state index contributed by atoms with van der Waals surface area (Å²) in [5.74, 6) is -0.0486. The van der Waals surface area contributed by atoms with Crippen molar-refractivity contribution in [3.05, 3.63) is 55.4 Å². The first kappa shape index (κ1) is 11.6. The third-order valence-electron chi connectivity index (χ3n) is 2.93. The molecule has 5 heteroatoms. The van der Waals surface area contributed by atoms with E-state index in [0.717, 1.165) is 10.0 Å². The van der Waals surface area contributed by atoms with Gasteiger partial charge in [-0.1, -0.05) is 37.9 Å². The zero-order chi connectivity index (χ0) is 12.9. The molecule has 0 atom stereocenters. The molecule has 0 amide bonds. The van der Waals surface area contributed by atoms with E-state index < -0.39 is 0 Å². The molecule has 0 N–H and O–H groups in total. The van der Waals surface area contributed by atoms with Crippen LogP contribution >= 0.6 is 31.9 Å². The fraction of sp³-hybridized carbons (Fsp3) is 0. The number of hydrogen-bond donors (Lipinski definition) is 0. The zero-order valence-electron chi connectivity index (χ0n) is 8.95. The predicted octanol–water partition coefficient (Wildman–Crippen LogP) is 4.91. The normalized spacial score (nSPS) is 11.9. The van der Waals surface area contributed by atoms with Crippen LogP contribution in [0.4, 0.5) is 5.69 Å². The largest absolute Gasteiger partial charge is 0.394 e. The van der Waals surface area contributed by atoms with Crippen LogP contribution in [0.5, 0.6) is 0 Å². The summed E-state index contributed by atoms with van der Waals surface area (Å²) >= 11 is 6.66. The van der Waals surface area contributed by atoms with Gasteiger partial charge < -0.3 is 0 Å². The van der Waals surface area contributed by atoms with Crippen LogP contribution in [0.3, 0.4) is 0 Å². The molecule has 0 saturated heterocycles. The van der Waals surface area contributed by atoms with Crippen molar-refractivity contribution in [2.75, 3.05) is 0 Å². The second-order valence-corrected chi connectivity index (χ2v) is 5.80. The average molecular weight is 365 g/mol. The molecular weight excluding hydrogens is 360 g/mol. The fourth-order valence-corrected chi connectivity index (χ4v) is 3.01. The van der Waals surface area contributed by atoms with Crippen LogP contribution in [0, 0.1) is 5.39 Å². The number of fused-ring (bicyclic) bond motifs is 3. The molecule has 0 aromatic heterocycles. The first-order valence-electron chi connectivity index (χ1n) is 5.15. The molecule has 1 aliphatic carbocycles. The molecule has 0 bridgehead atoms. The number of nitrogens with zero attached hydrogens (tertiary/aromatic N) is 2. The summed E-state index contributed by atoms with van der Waals surface area (Å²) in [4.78, 5) is 15.6. The summed E-state index contributed by atoms with van der Waals surface area (Å²) in [5, 5.41) is 9.08. The molecule has 1 aliphatic rings. The number of hydrogen-bond acceptors (Lipinski definition) is 2. The Labute approximate surface area is 120 Å². The van der Waals surface area contributed by atoms with Crippen molar-refractivity contribution in [2.24, 2.45) is 0 Å². The Balaban J connectivity index is 2.42. The third-order valence-corrected chi connectivity index (χ3v) is 3.88. The molecule has 0 saturated carbocycles. The maximum absolute atomic E-state index is 12.3. The summed E-state index contributed by atoms with van der Waals surface area (Å²) in [6.07, 6.45) is 0. The quantitative estimate of drug-likeness (QED) is 0.532. The van der Waals surface area contributed by atoms with Crippen molar-refractivity contribution in [1.82, 2.24) is 0 Å². The van der Waals surface area contributed by atoms with Crippen molar-refractivity contribution < 1.29 is 4.79 Å². The summed E-state index contributed by atoms with van der Waals surface area (Å²) in [6, 6.07) is 8.94. The number of carbonyl (C=O) groups is 1. The highest BCUT2D eigenvalue weighted by Gasteiger charge is 2.34. The minimum absolute atomic E-state index is 0.0486. The number of ketones is 1. The van der Waals surface area contributed by atoms with Crippen LogP contribution in [-0.2, 0) is 0 Å². The molecule has 0 aliphatic heterocycles. The number of carbonyl (C=O) groups excluding carboxylic acids is 1. The molecule has 0 fully saturated rings. The molecule has 3 nitrogen and oxygen atoms in total. The van der Waals surface area contributed by atoms with Gasteiger partial charge in [0.05, 0.1) is 5.56 Å². The standard InChI is InChI=1S/C13H5Br2N2O/c14-6-1-2-8-9(3-6)13(18)10-4-7(15)5-11(17-16)12(8)10/h1-5H/q+1. The topological polar surface area (TPSA) is 45.2 Å². The summed E-state index contributed by atoms with van der Waals surface area (Å²) in [6.45, 7) is 0. The van der Waals surface area contributed by atoms with E-state index >= 15 is 0 Å². The van der Waals surface area contributed by atoms with Gasteiger partial charge in [-0.05, 0) is 18.2 Å². The summed E-state index contributed by atoms with van der Waals surface area (Å²) in [7, 11) is 0. The van der Waals surface area contributed by atoms with Gasteiger partial charge in [0.2, 0.25) is 5.39 Å².